The summed E-state index contributed by atoms with van der Waals surface area (Å²) in [6, 6.07) is 5.92. The molecule has 1 atom stereocenters. The molecule has 4 heteroatoms. The first-order valence-electron chi connectivity index (χ1n) is 5.04. The van der Waals surface area contributed by atoms with E-state index in [0.717, 1.165) is 18.4 Å². The Hall–Kier alpha value is -0.280. The maximum Gasteiger partial charge on any atom is 0.0595 e. The van der Waals surface area contributed by atoms with E-state index in [-0.39, 0.29) is 6.04 Å². The van der Waals surface area contributed by atoms with Crippen LogP contribution in [0.2, 0.25) is 10.0 Å². The maximum atomic E-state index is 6.12. The number of nitrogens with two attached hydrogens (primary N) is 2. The minimum Gasteiger partial charge on any atom is -0.328 e. The van der Waals surface area contributed by atoms with Crippen molar-refractivity contribution in [2.75, 3.05) is 0 Å². The predicted octanol–water partition coefficient (Wildman–Crippen LogP) is 2.73. The monoisotopic (exact) mass is 244 g/mol. The summed E-state index contributed by atoms with van der Waals surface area (Å²) in [5.41, 5.74) is 12.9. The van der Waals surface area contributed by atoms with E-state index in [1.807, 2.05) is 12.1 Å². The molecule has 1 unspecified atom stereocenters. The van der Waals surface area contributed by atoms with Gasteiger partial charge < -0.3 is 11.5 Å². The molecule has 0 aromatic heterocycles. The van der Waals surface area contributed by atoms with Crippen LogP contribution in [0.15, 0.2) is 18.2 Å². The van der Waals surface area contributed by atoms with Crippen LogP contribution in [-0.4, -0.2) is 6.04 Å². The Labute approximate surface area is 99.5 Å². The lowest BCUT2D eigenvalue weighted by atomic mass is 9.74. The van der Waals surface area contributed by atoms with Crippen LogP contribution in [-0.2, 0) is 0 Å². The molecule has 15 heavy (non-hydrogen) atoms. The maximum absolute atomic E-state index is 6.12. The highest BCUT2D eigenvalue weighted by molar-refractivity contribution is 6.42. The van der Waals surface area contributed by atoms with Crippen LogP contribution in [0.25, 0.3) is 0 Å². The lowest BCUT2D eigenvalue weighted by Gasteiger charge is -2.37. The van der Waals surface area contributed by atoms with Gasteiger partial charge in [-0.15, -0.1) is 0 Å². The first kappa shape index (κ1) is 11.2. The summed E-state index contributed by atoms with van der Waals surface area (Å²) in [6.07, 6.45) is 2.00. The van der Waals surface area contributed by atoms with E-state index in [1.165, 1.54) is 0 Å². The molecule has 1 aromatic carbocycles. The molecule has 82 valence electrons. The molecule has 0 amide bonds. The van der Waals surface area contributed by atoms with Crippen molar-refractivity contribution in [1.29, 1.82) is 0 Å². The molecule has 1 fully saturated rings. The summed E-state index contributed by atoms with van der Waals surface area (Å²) in [5, 5.41) is 1.13. The second-order valence-corrected chi connectivity index (χ2v) is 5.01. The van der Waals surface area contributed by atoms with Crippen LogP contribution in [0.1, 0.15) is 24.4 Å². The second-order valence-electron chi connectivity index (χ2n) is 4.19. The lowest BCUT2D eigenvalue weighted by molar-refractivity contribution is 0.224. The van der Waals surface area contributed by atoms with Crippen molar-refractivity contribution in [2.45, 2.75) is 24.9 Å². The van der Waals surface area contributed by atoms with Gasteiger partial charge in [0.25, 0.3) is 0 Å². The Kier molecular flexibility index (Phi) is 3.21. The normalized spacial score (nSPS) is 27.2. The van der Waals surface area contributed by atoms with Crippen molar-refractivity contribution in [3.05, 3.63) is 33.8 Å². The highest BCUT2D eigenvalue weighted by Crippen LogP contribution is 2.36. The molecule has 4 N–H and O–H groups in total. The molecule has 0 spiro atoms. The van der Waals surface area contributed by atoms with Gasteiger partial charge in [-0.3, -0.25) is 0 Å². The lowest BCUT2D eigenvalue weighted by Crippen LogP contribution is -2.41. The first-order chi connectivity index (χ1) is 7.08. The van der Waals surface area contributed by atoms with E-state index in [4.69, 9.17) is 34.7 Å². The van der Waals surface area contributed by atoms with Gasteiger partial charge in [0.1, 0.15) is 0 Å². The molecule has 0 aliphatic heterocycles. The van der Waals surface area contributed by atoms with Gasteiger partial charge in [-0.05, 0) is 36.5 Å². The zero-order valence-electron chi connectivity index (χ0n) is 8.29. The van der Waals surface area contributed by atoms with Crippen molar-refractivity contribution in [3.8, 4) is 0 Å². The van der Waals surface area contributed by atoms with E-state index in [9.17, 15) is 0 Å². The molecular weight excluding hydrogens is 231 g/mol. The molecule has 2 rings (SSSR count). The zero-order valence-corrected chi connectivity index (χ0v) is 9.80. The van der Waals surface area contributed by atoms with E-state index < -0.39 is 0 Å². The van der Waals surface area contributed by atoms with Crippen molar-refractivity contribution in [3.63, 3.8) is 0 Å². The molecule has 0 radical (unpaired) electrons. The number of halogens is 2. The average molecular weight is 245 g/mol. The molecule has 0 heterocycles. The van der Waals surface area contributed by atoms with E-state index in [2.05, 4.69) is 0 Å². The van der Waals surface area contributed by atoms with Crippen molar-refractivity contribution < 1.29 is 0 Å². The SMILES string of the molecule is NC1CC(C(N)c2ccc(Cl)c(Cl)c2)C1. The van der Waals surface area contributed by atoms with Crippen molar-refractivity contribution in [1.82, 2.24) is 0 Å². The van der Waals surface area contributed by atoms with Crippen LogP contribution < -0.4 is 11.5 Å². The van der Waals surface area contributed by atoms with Gasteiger partial charge in [0.15, 0.2) is 0 Å². The molecule has 1 saturated carbocycles. The minimum atomic E-state index is 0.0274. The number of hydrogen-bond acceptors (Lipinski definition) is 2. The van der Waals surface area contributed by atoms with Gasteiger partial charge in [-0.25, -0.2) is 0 Å². The Balaban J connectivity index is 2.12. The third kappa shape index (κ3) is 2.28. The van der Waals surface area contributed by atoms with Gasteiger partial charge in [0, 0.05) is 12.1 Å². The van der Waals surface area contributed by atoms with Gasteiger partial charge in [-0.2, -0.15) is 0 Å². The van der Waals surface area contributed by atoms with Gasteiger partial charge in [-0.1, -0.05) is 29.3 Å². The summed E-state index contributed by atoms with van der Waals surface area (Å²) >= 11 is 11.8. The molecule has 0 saturated heterocycles. The van der Waals surface area contributed by atoms with Crippen LogP contribution in [0.5, 0.6) is 0 Å². The fourth-order valence-corrected chi connectivity index (χ4v) is 2.30. The van der Waals surface area contributed by atoms with Crippen LogP contribution in [0, 0.1) is 5.92 Å². The molecule has 1 aliphatic carbocycles. The first-order valence-corrected chi connectivity index (χ1v) is 5.79. The van der Waals surface area contributed by atoms with Crippen LogP contribution >= 0.6 is 23.2 Å². The zero-order chi connectivity index (χ0) is 11.0. The van der Waals surface area contributed by atoms with Crippen LogP contribution in [0.4, 0.5) is 0 Å². The van der Waals surface area contributed by atoms with Crippen molar-refractivity contribution >= 4 is 23.2 Å². The minimum absolute atomic E-state index is 0.0274. The molecule has 0 bridgehead atoms. The highest BCUT2D eigenvalue weighted by Gasteiger charge is 2.31. The summed E-state index contributed by atoms with van der Waals surface area (Å²) in [4.78, 5) is 0. The van der Waals surface area contributed by atoms with Crippen molar-refractivity contribution in [2.24, 2.45) is 17.4 Å². The molecule has 1 aliphatic rings. The Morgan fingerprint density at radius 3 is 2.40 bits per heavy atom. The standard InChI is InChI=1S/C11H14Cl2N2/c12-9-2-1-6(5-10(9)13)11(15)7-3-8(14)4-7/h1-2,5,7-8,11H,3-4,14-15H2. The molecule has 2 nitrogen and oxygen atoms in total. The van der Waals surface area contributed by atoms with E-state index in [1.54, 1.807) is 6.07 Å². The van der Waals surface area contributed by atoms with Gasteiger partial charge in [0.05, 0.1) is 10.0 Å². The van der Waals surface area contributed by atoms with Gasteiger partial charge in [0.2, 0.25) is 0 Å². The number of rotatable bonds is 2. The quantitative estimate of drug-likeness (QED) is 0.841. The highest BCUT2D eigenvalue weighted by atomic mass is 35.5. The van der Waals surface area contributed by atoms with Crippen LogP contribution in [0.3, 0.4) is 0 Å². The molecular formula is C11H14Cl2N2. The summed E-state index contributed by atoms with van der Waals surface area (Å²) in [5.74, 6) is 0.484. The van der Waals surface area contributed by atoms with Gasteiger partial charge >= 0.3 is 0 Å². The smallest absolute Gasteiger partial charge is 0.0595 e. The summed E-state index contributed by atoms with van der Waals surface area (Å²) < 4.78 is 0. The van der Waals surface area contributed by atoms with E-state index >= 15 is 0 Å². The fourth-order valence-electron chi connectivity index (χ4n) is 1.99. The number of hydrogen-bond donors (Lipinski definition) is 2. The Morgan fingerprint density at radius 1 is 1.20 bits per heavy atom. The summed E-state index contributed by atoms with van der Waals surface area (Å²) in [7, 11) is 0. The van der Waals surface area contributed by atoms with E-state index in [0.29, 0.717) is 22.0 Å². The average Bonchev–Trinajstić information content (AvgIpc) is 2.16. The third-order valence-electron chi connectivity index (χ3n) is 3.05. The predicted molar refractivity (Wildman–Crippen MR) is 64.1 cm³/mol. The fraction of sp³-hybridized carbons (Fsp3) is 0.455. The molecule has 1 aromatic rings. The Bertz CT molecular complexity index is 362. The topological polar surface area (TPSA) is 52.0 Å². The Morgan fingerprint density at radius 2 is 1.87 bits per heavy atom. The third-order valence-corrected chi connectivity index (χ3v) is 3.79. The number of benzene rings is 1. The summed E-state index contributed by atoms with van der Waals surface area (Å²) in [6.45, 7) is 0. The second kappa shape index (κ2) is 4.30. The largest absolute Gasteiger partial charge is 0.328 e.